The second-order valence-electron chi connectivity index (χ2n) is 8.64. The van der Waals surface area contributed by atoms with Crippen molar-refractivity contribution in [3.05, 3.63) is 96.1 Å². The minimum atomic E-state index is -0.105. The van der Waals surface area contributed by atoms with Crippen LogP contribution in [0.15, 0.2) is 95.1 Å². The Balaban J connectivity index is 1.09. The third kappa shape index (κ3) is 7.09. The molecule has 4 rings (SSSR count). The van der Waals surface area contributed by atoms with Crippen molar-refractivity contribution in [1.29, 1.82) is 0 Å². The average molecular weight is 479 g/mol. The van der Waals surface area contributed by atoms with E-state index in [1.54, 1.807) is 12.4 Å². The van der Waals surface area contributed by atoms with Crippen LogP contribution in [-0.4, -0.2) is 24.2 Å². The highest BCUT2D eigenvalue weighted by molar-refractivity contribution is 6.00. The summed E-state index contributed by atoms with van der Waals surface area (Å²) in [7, 11) is 0. The molecule has 0 heterocycles. The molecule has 4 aromatic carbocycles. The van der Waals surface area contributed by atoms with Gasteiger partial charge in [0.15, 0.2) is 0 Å². The zero-order valence-corrected chi connectivity index (χ0v) is 20.2. The number of rotatable bonds is 11. The van der Waals surface area contributed by atoms with E-state index in [0.29, 0.717) is 12.8 Å². The number of hydrogen-bond acceptors (Lipinski definition) is 4. The fourth-order valence-corrected chi connectivity index (χ4v) is 4.11. The van der Waals surface area contributed by atoms with Crippen molar-refractivity contribution in [3.63, 3.8) is 0 Å². The van der Waals surface area contributed by atoms with E-state index >= 15 is 0 Å². The van der Waals surface area contributed by atoms with Crippen LogP contribution in [0.4, 0.5) is 0 Å². The highest BCUT2D eigenvalue weighted by Crippen LogP contribution is 2.17. The molecule has 0 aliphatic rings. The van der Waals surface area contributed by atoms with Crippen molar-refractivity contribution in [2.24, 2.45) is 10.2 Å². The molecule has 0 aliphatic heterocycles. The summed E-state index contributed by atoms with van der Waals surface area (Å²) in [5.41, 5.74) is 7.14. The first-order valence-electron chi connectivity index (χ1n) is 12.3. The number of carbonyl (C=O) groups excluding carboxylic acids is 2. The Hall–Kier alpha value is -4.32. The van der Waals surface area contributed by atoms with Gasteiger partial charge in [-0.3, -0.25) is 9.59 Å². The zero-order valence-electron chi connectivity index (χ0n) is 20.2. The Bertz CT molecular complexity index is 1280. The lowest BCUT2D eigenvalue weighted by Crippen LogP contribution is -2.17. The summed E-state index contributed by atoms with van der Waals surface area (Å²) in [5.74, 6) is -0.209. The van der Waals surface area contributed by atoms with Gasteiger partial charge in [0.1, 0.15) is 0 Å². The Morgan fingerprint density at radius 1 is 0.556 bits per heavy atom. The number of unbranched alkanes of at least 4 members (excludes halogenated alkanes) is 3. The third-order valence-electron chi connectivity index (χ3n) is 5.99. The van der Waals surface area contributed by atoms with E-state index in [1.165, 1.54) is 0 Å². The van der Waals surface area contributed by atoms with Gasteiger partial charge in [0.25, 0.3) is 0 Å². The molecule has 36 heavy (non-hydrogen) atoms. The summed E-state index contributed by atoms with van der Waals surface area (Å²) in [6.07, 6.45) is 7.47. The largest absolute Gasteiger partial charge is 0.273 e. The number of hydrazone groups is 2. The lowest BCUT2D eigenvalue weighted by atomic mass is 10.1. The van der Waals surface area contributed by atoms with Gasteiger partial charge >= 0.3 is 0 Å². The molecule has 0 radical (unpaired) electrons. The third-order valence-corrected chi connectivity index (χ3v) is 5.99. The van der Waals surface area contributed by atoms with Crippen molar-refractivity contribution in [2.45, 2.75) is 38.5 Å². The molecule has 0 saturated carbocycles. The number of fused-ring (bicyclic) bond motifs is 2. The van der Waals surface area contributed by atoms with Crippen LogP contribution in [0.3, 0.4) is 0 Å². The first-order chi connectivity index (χ1) is 17.7. The topological polar surface area (TPSA) is 82.9 Å². The molecule has 0 aliphatic carbocycles. The molecule has 0 saturated heterocycles. The number of amides is 2. The minimum Gasteiger partial charge on any atom is -0.273 e. The van der Waals surface area contributed by atoms with E-state index in [2.05, 4.69) is 45.3 Å². The van der Waals surface area contributed by atoms with Crippen molar-refractivity contribution in [2.75, 3.05) is 0 Å². The second kappa shape index (κ2) is 13.0. The highest BCUT2D eigenvalue weighted by Gasteiger charge is 2.03. The number of nitrogens with zero attached hydrogens (tertiary/aromatic N) is 2. The number of benzene rings is 4. The molecule has 2 amide bonds. The quantitative estimate of drug-likeness (QED) is 0.159. The van der Waals surface area contributed by atoms with Crippen molar-refractivity contribution < 1.29 is 9.59 Å². The van der Waals surface area contributed by atoms with E-state index in [4.69, 9.17) is 0 Å². The summed E-state index contributed by atoms with van der Waals surface area (Å²) in [5, 5.41) is 12.7. The van der Waals surface area contributed by atoms with Gasteiger partial charge in [-0.05, 0) is 34.4 Å². The number of nitrogens with one attached hydrogen (secondary N) is 2. The van der Waals surface area contributed by atoms with Crippen LogP contribution in [0.1, 0.15) is 49.7 Å². The lowest BCUT2D eigenvalue weighted by Gasteiger charge is -2.03. The van der Waals surface area contributed by atoms with Crippen LogP contribution >= 0.6 is 0 Å². The van der Waals surface area contributed by atoms with Crippen molar-refractivity contribution in [3.8, 4) is 0 Å². The van der Waals surface area contributed by atoms with Crippen LogP contribution in [0.5, 0.6) is 0 Å². The molecule has 0 spiro atoms. The Labute approximate surface area is 211 Å². The second-order valence-corrected chi connectivity index (χ2v) is 8.64. The van der Waals surface area contributed by atoms with Crippen molar-refractivity contribution >= 4 is 45.8 Å². The molecule has 6 heteroatoms. The summed E-state index contributed by atoms with van der Waals surface area (Å²) in [4.78, 5) is 24.1. The molecule has 0 bridgehead atoms. The Kier molecular flexibility index (Phi) is 8.92. The fraction of sp³-hybridized carbons (Fsp3) is 0.200. The number of carbonyl (C=O) groups is 2. The molecule has 0 atom stereocenters. The first kappa shape index (κ1) is 24.8. The van der Waals surface area contributed by atoms with Gasteiger partial charge in [-0.15, -0.1) is 0 Å². The molecule has 0 unspecified atom stereocenters. The predicted octanol–water partition coefficient (Wildman–Crippen LogP) is 5.93. The minimum absolute atomic E-state index is 0.105. The number of hydrogen-bond donors (Lipinski definition) is 2. The van der Waals surface area contributed by atoms with Gasteiger partial charge in [-0.1, -0.05) is 97.8 Å². The van der Waals surface area contributed by atoms with Crippen LogP contribution in [0.25, 0.3) is 21.5 Å². The van der Waals surface area contributed by atoms with Gasteiger partial charge in [-0.25, -0.2) is 10.9 Å². The molecule has 6 nitrogen and oxygen atoms in total. The van der Waals surface area contributed by atoms with E-state index in [-0.39, 0.29) is 11.8 Å². The lowest BCUT2D eigenvalue weighted by molar-refractivity contribution is -0.122. The van der Waals surface area contributed by atoms with Crippen LogP contribution in [0, 0.1) is 0 Å². The van der Waals surface area contributed by atoms with Gasteiger partial charge in [-0.2, -0.15) is 10.2 Å². The SMILES string of the molecule is O=C(CCCCCCC(=O)N/N=C/c1cccc2ccccc12)N/N=C/c1cccc2ccccc12. The molecule has 182 valence electrons. The smallest absolute Gasteiger partial charge is 0.240 e. The van der Waals surface area contributed by atoms with Gasteiger partial charge in [0.2, 0.25) is 11.8 Å². The van der Waals surface area contributed by atoms with Gasteiger partial charge in [0.05, 0.1) is 12.4 Å². The summed E-state index contributed by atoms with van der Waals surface area (Å²) >= 11 is 0. The van der Waals surface area contributed by atoms with Gasteiger partial charge < -0.3 is 0 Å². The maximum Gasteiger partial charge on any atom is 0.240 e. The van der Waals surface area contributed by atoms with Crippen LogP contribution in [0.2, 0.25) is 0 Å². The maximum atomic E-state index is 12.0. The zero-order chi connectivity index (χ0) is 25.0. The standard InChI is InChI=1S/C30H30N4O2/c35-29(33-31-21-25-15-9-13-23-11-5-7-17-27(23)25)19-3-1-2-4-20-30(36)34-32-22-26-16-10-14-24-12-6-8-18-28(24)26/h5-18,21-22H,1-4,19-20H2,(H,33,35)(H,34,36)/b31-21+,32-22+. The molecular formula is C30H30N4O2. The van der Waals surface area contributed by atoms with Crippen LogP contribution < -0.4 is 10.9 Å². The molecule has 2 N–H and O–H groups in total. The van der Waals surface area contributed by atoms with E-state index < -0.39 is 0 Å². The maximum absolute atomic E-state index is 12.0. The van der Waals surface area contributed by atoms with E-state index in [0.717, 1.165) is 58.4 Å². The Morgan fingerprint density at radius 3 is 1.44 bits per heavy atom. The normalized spacial score (nSPS) is 11.4. The molecule has 4 aromatic rings. The molecular weight excluding hydrogens is 448 g/mol. The monoisotopic (exact) mass is 478 g/mol. The van der Waals surface area contributed by atoms with E-state index in [1.807, 2.05) is 60.7 Å². The Morgan fingerprint density at radius 2 is 0.972 bits per heavy atom. The first-order valence-corrected chi connectivity index (χ1v) is 12.3. The van der Waals surface area contributed by atoms with Crippen molar-refractivity contribution in [1.82, 2.24) is 10.9 Å². The van der Waals surface area contributed by atoms with E-state index in [9.17, 15) is 9.59 Å². The summed E-state index contributed by atoms with van der Waals surface area (Å²) < 4.78 is 0. The summed E-state index contributed by atoms with van der Waals surface area (Å²) in [6, 6.07) is 28.2. The van der Waals surface area contributed by atoms with Crippen LogP contribution in [-0.2, 0) is 9.59 Å². The molecule has 0 aromatic heterocycles. The highest BCUT2D eigenvalue weighted by atomic mass is 16.2. The summed E-state index contributed by atoms with van der Waals surface area (Å²) in [6.45, 7) is 0. The van der Waals surface area contributed by atoms with Gasteiger partial charge in [0, 0.05) is 24.0 Å². The average Bonchev–Trinajstić information content (AvgIpc) is 2.91. The fourth-order valence-electron chi connectivity index (χ4n) is 4.11. The predicted molar refractivity (Wildman–Crippen MR) is 147 cm³/mol. The molecule has 0 fully saturated rings.